The van der Waals surface area contributed by atoms with Crippen LogP contribution in [0, 0.1) is 0 Å². The fourth-order valence-electron chi connectivity index (χ4n) is 10.9. The van der Waals surface area contributed by atoms with Gasteiger partial charge in [0.1, 0.15) is 125 Å². The number of thiazole rings is 5. The lowest BCUT2D eigenvalue weighted by atomic mass is 9.86. The summed E-state index contributed by atoms with van der Waals surface area (Å²) in [6.07, 6.45) is -7.23. The fraction of sp³-hybridized carbons (Fsp3) is 0.351. The van der Waals surface area contributed by atoms with Gasteiger partial charge in [-0.1, -0.05) is 12.1 Å². The van der Waals surface area contributed by atoms with E-state index in [1.54, 1.807) is 44.5 Å². The number of nitrogens with zero attached hydrogens (tertiary/aromatic N) is 6. The third-order valence-corrected chi connectivity index (χ3v) is 19.9. The van der Waals surface area contributed by atoms with Crippen LogP contribution >= 0.6 is 56.7 Å². The lowest BCUT2D eigenvalue weighted by molar-refractivity contribution is -0.272. The van der Waals surface area contributed by atoms with Gasteiger partial charge in [-0.05, 0) is 52.4 Å². The van der Waals surface area contributed by atoms with E-state index in [1.807, 2.05) is 0 Å². The molecule has 0 aliphatic carbocycles. The Balaban J connectivity index is 1.04. The highest BCUT2D eigenvalue weighted by Gasteiger charge is 2.49. The third-order valence-electron chi connectivity index (χ3n) is 15.5. The zero-order chi connectivity index (χ0) is 64.3. The van der Waals surface area contributed by atoms with E-state index in [0.29, 0.717) is 16.5 Å². The molecule has 1 saturated heterocycles. The number of amides is 5. The van der Waals surface area contributed by atoms with E-state index in [2.05, 4.69) is 46.5 Å². The van der Waals surface area contributed by atoms with Crippen LogP contribution in [0.25, 0.3) is 49.3 Å². The number of H-pyrrole nitrogens is 1. The van der Waals surface area contributed by atoms with Gasteiger partial charge in [-0.2, -0.15) is 0 Å². The predicted octanol–water partition coefficient (Wildman–Crippen LogP) is 4.21. The van der Waals surface area contributed by atoms with Crippen LogP contribution in [0.2, 0.25) is 0 Å². The van der Waals surface area contributed by atoms with Crippen LogP contribution in [0.15, 0.2) is 56.9 Å². The van der Waals surface area contributed by atoms with Crippen molar-refractivity contribution in [2.45, 2.75) is 108 Å². The second kappa shape index (κ2) is 25.3. The van der Waals surface area contributed by atoms with Crippen LogP contribution < -0.4 is 32.3 Å². The Morgan fingerprint density at radius 2 is 1.52 bits per heavy atom. The summed E-state index contributed by atoms with van der Waals surface area (Å²) >= 11 is 4.74. The quantitative estimate of drug-likeness (QED) is 0.0789. The van der Waals surface area contributed by atoms with Crippen LogP contribution in [0.3, 0.4) is 0 Å². The summed E-state index contributed by atoms with van der Waals surface area (Å²) in [5.41, 5.74) is 4.46. The first kappa shape index (κ1) is 62.6. The monoisotopic (exact) mass is 1340 g/mol. The molecular weight excluding hydrogens is 1280 g/mol. The van der Waals surface area contributed by atoms with Crippen LogP contribution in [0.1, 0.15) is 125 Å². The van der Waals surface area contributed by atoms with Crippen LogP contribution in [-0.2, 0) is 51.2 Å². The zero-order valence-electron chi connectivity index (χ0n) is 48.7. The normalized spacial score (nSPS) is 25.0. The van der Waals surface area contributed by atoms with E-state index in [1.165, 1.54) is 48.5 Å². The Bertz CT molecular complexity index is 4260. The summed E-state index contributed by atoms with van der Waals surface area (Å²) in [7, 11) is 2.98. The Hall–Kier alpha value is -8.55. The summed E-state index contributed by atoms with van der Waals surface area (Å²) in [4.78, 5) is 132. The molecule has 4 aliphatic heterocycles. The summed E-state index contributed by atoms with van der Waals surface area (Å²) in [6.45, 7) is 4.68. The smallest absolute Gasteiger partial charge is 0.355 e. The number of esters is 2. The van der Waals surface area contributed by atoms with Crippen molar-refractivity contribution in [2.24, 2.45) is 5.73 Å². The number of rotatable bonds is 7. The summed E-state index contributed by atoms with van der Waals surface area (Å²) in [5.74, 6) is -6.65. The maximum atomic E-state index is 15.1. The van der Waals surface area contributed by atoms with Crippen molar-refractivity contribution in [1.29, 1.82) is 0 Å². The van der Waals surface area contributed by atoms with Crippen molar-refractivity contribution in [3.8, 4) is 38.4 Å². The number of methoxy groups -OCH3 is 1. The van der Waals surface area contributed by atoms with Gasteiger partial charge < -0.3 is 81.0 Å². The maximum absolute atomic E-state index is 15.1. The molecule has 1 unspecified atom stereocenters. The highest BCUT2D eigenvalue weighted by molar-refractivity contribution is 7.14. The zero-order valence-corrected chi connectivity index (χ0v) is 52.8. The maximum Gasteiger partial charge on any atom is 0.355 e. The number of likely N-dealkylation sites (N-methyl/N-ethyl adjacent to an activating group) is 1. The first-order valence-electron chi connectivity index (χ1n) is 27.8. The highest BCUT2D eigenvalue weighted by atomic mass is 32.1. The number of hydrogen-bond donors (Lipinski definition) is 10. The molecule has 1 aromatic carbocycles. The Kier molecular flexibility index (Phi) is 17.4. The van der Waals surface area contributed by atoms with E-state index < -0.39 is 121 Å². The number of allylic oxidation sites excluding steroid dienone is 1. The van der Waals surface area contributed by atoms with Crippen LogP contribution in [-0.4, -0.2) is 161 Å². The summed E-state index contributed by atoms with van der Waals surface area (Å²) < 4.78 is 37.6. The van der Waals surface area contributed by atoms with Gasteiger partial charge in [-0.25, -0.2) is 39.5 Å². The summed E-state index contributed by atoms with van der Waals surface area (Å²) in [6, 6.07) is 1.35. The molecule has 11 N–H and O–H groups in total. The number of aromatic amines is 1. The number of fused-ring (bicyclic) bond motifs is 15. The topological polar surface area (TPSA) is 415 Å². The number of benzene rings is 1. The van der Waals surface area contributed by atoms with Crippen molar-refractivity contribution >= 4 is 115 Å². The van der Waals surface area contributed by atoms with Crippen molar-refractivity contribution in [3.63, 3.8) is 0 Å². The first-order valence-corrected chi connectivity index (χ1v) is 32.2. The van der Waals surface area contributed by atoms with Gasteiger partial charge in [0.15, 0.2) is 12.4 Å². The number of pyridine rings is 1. The minimum Gasteiger partial charge on any atom is -0.506 e. The van der Waals surface area contributed by atoms with Crippen LogP contribution in [0.5, 0.6) is 5.75 Å². The third kappa shape index (κ3) is 12.3. The predicted molar refractivity (Wildman–Crippen MR) is 327 cm³/mol. The second-order valence-electron chi connectivity index (χ2n) is 21.6. The number of primary amides is 1. The second-order valence-corrected chi connectivity index (χ2v) is 26.0. The fourth-order valence-corrected chi connectivity index (χ4v) is 15.1. The molecule has 7 aromatic heterocycles. The molecule has 91 heavy (non-hydrogen) atoms. The Morgan fingerprint density at radius 3 is 2.24 bits per heavy atom. The number of carbonyl (C=O) groups is 7. The lowest BCUT2D eigenvalue weighted by Gasteiger charge is -2.45. The Morgan fingerprint density at radius 1 is 0.835 bits per heavy atom. The van der Waals surface area contributed by atoms with E-state index in [0.717, 1.165) is 56.7 Å². The van der Waals surface area contributed by atoms with Crippen molar-refractivity contribution < 1.29 is 77.3 Å². The molecule has 12 rings (SSSR count). The van der Waals surface area contributed by atoms with Gasteiger partial charge in [-0.3, -0.25) is 24.0 Å². The molecule has 0 spiro atoms. The molecule has 34 heteroatoms. The lowest BCUT2D eigenvalue weighted by Crippen LogP contribution is -2.61. The number of ether oxygens (including phenoxy) is 6. The molecule has 12 bridgehead atoms. The number of aromatic nitrogens is 7. The molecule has 29 nitrogen and oxygen atoms in total. The Labute approximate surface area is 534 Å². The standard InChI is InChI=1S/C57H55N13O16S5/c1-20(71)36-49(77)69-37(21(2)81-6)52-65-32(19-90-52)48(76)70-41-42-43(86-34-11-57(4,80)44(59-5)22(3)85-34)56(79)83-12-23-8-7-9-26-35(23)25(13-82-42)39(60-26)55(78)84-14-27(61-46(74)30-18-91-54(41)66-30)51-62-28(15-88-51)38-24(50-64-31(17-87-50)47(75)68-36)10-33(72)40(67-38)53-63-29(16-89-53)45(58)73/h7-10,15-20,22,27,34,36,41-44,59-60,71-72,80H,11-14H2,1-6H3,(H2,58,73)(H,61,74)(H,68,75)(H,69,77)(H,70,76)/t20-,22+,27+,34+,36+,41+,42?,43+,44-,57+/m1/s1. The first-order chi connectivity index (χ1) is 43.6. The summed E-state index contributed by atoms with van der Waals surface area (Å²) in [5, 5.41) is 56.5. The van der Waals surface area contributed by atoms with Crippen molar-refractivity contribution in [1.82, 2.24) is 61.5 Å². The van der Waals surface area contributed by atoms with E-state index in [4.69, 9.17) is 49.1 Å². The van der Waals surface area contributed by atoms with E-state index in [-0.39, 0.29) is 106 Å². The van der Waals surface area contributed by atoms with Gasteiger partial charge in [0.2, 0.25) is 5.91 Å². The van der Waals surface area contributed by atoms with Crippen molar-refractivity contribution in [2.75, 3.05) is 20.8 Å². The van der Waals surface area contributed by atoms with E-state index >= 15 is 9.59 Å². The number of cyclic esters (lactones) is 2. The van der Waals surface area contributed by atoms with Crippen molar-refractivity contribution in [3.05, 3.63) is 112 Å². The molecule has 474 valence electrons. The van der Waals surface area contributed by atoms with E-state index in [9.17, 15) is 39.3 Å². The highest BCUT2D eigenvalue weighted by Crippen LogP contribution is 2.42. The number of aliphatic hydroxyl groups is 2. The SMILES string of the molecule is CN[C@@H]1[C@H](C)O[C@@H](O[C@@H]2C(=O)OCc3cccc4[nH]c5c(c34)COC2[C@@H]2NC(=O)c3csc(n3)C(=C(C)OC)NC(=O)[C@H]([C@@H](C)O)NC(=O)c3csc(n3)-c3cc(O)c(-c4nc(C(N)=O)cs4)nc3-c3csc(n3)[C@H](COC5=O)NC(=O)c3csc2n3)C[C@]1(C)O. The van der Waals surface area contributed by atoms with Gasteiger partial charge >= 0.3 is 11.9 Å². The number of hydrogen-bond acceptors (Lipinski definition) is 28. The molecule has 10 atom stereocenters. The average Bonchev–Trinajstić information content (AvgIpc) is 1.46. The minimum absolute atomic E-state index is 0.0151. The van der Waals surface area contributed by atoms with Gasteiger partial charge in [0.25, 0.3) is 23.6 Å². The average molecular weight is 1340 g/mol. The van der Waals surface area contributed by atoms with Gasteiger partial charge in [0, 0.05) is 55.4 Å². The number of carbonyl (C=O) groups excluding carboxylic acids is 7. The number of aromatic hydroxyl groups is 1. The molecule has 8 aromatic rings. The molecule has 0 radical (unpaired) electrons. The van der Waals surface area contributed by atoms with Gasteiger partial charge in [-0.15, -0.1) is 56.7 Å². The minimum atomic E-state index is -1.84. The molecule has 1 fully saturated rings. The molecule has 5 amide bonds. The number of aliphatic hydroxyl groups excluding tert-OH is 1. The molecular formula is C57H55N13O16S5. The molecule has 4 aliphatic rings. The largest absolute Gasteiger partial charge is 0.506 e. The molecule has 0 saturated carbocycles. The number of nitrogens with two attached hydrogens (primary N) is 1. The van der Waals surface area contributed by atoms with Crippen LogP contribution in [0.4, 0.5) is 0 Å². The molecule has 11 heterocycles. The van der Waals surface area contributed by atoms with Gasteiger partial charge in [0.05, 0.1) is 37.6 Å². The number of nitrogens with one attached hydrogen (secondary N) is 6.